The van der Waals surface area contributed by atoms with Crippen molar-refractivity contribution in [3.63, 3.8) is 0 Å². The molecule has 0 saturated heterocycles. The minimum absolute atomic E-state index is 0.265. The number of halogens is 1. The second-order valence-corrected chi connectivity index (χ2v) is 4.80. The molecule has 2 aromatic carbocycles. The van der Waals surface area contributed by atoms with E-state index < -0.39 is 0 Å². The Kier molecular flexibility index (Phi) is 2.41. The molecule has 2 aromatic heterocycles. The molecule has 0 amide bonds. The molecule has 4 rings (SSSR count). The van der Waals surface area contributed by atoms with E-state index >= 15 is 0 Å². The highest BCUT2D eigenvalue weighted by Gasteiger charge is 2.12. The van der Waals surface area contributed by atoms with Crippen LogP contribution in [0.3, 0.4) is 0 Å². The Morgan fingerprint density at radius 2 is 1.76 bits per heavy atom. The molecule has 2 N–H and O–H groups in total. The van der Waals surface area contributed by atoms with Gasteiger partial charge in [0, 0.05) is 5.56 Å². The maximum atomic E-state index is 13.1. The van der Waals surface area contributed by atoms with Gasteiger partial charge in [0.05, 0.1) is 22.9 Å². The number of hydrogen-bond acceptors (Lipinski definition) is 3. The van der Waals surface area contributed by atoms with Crippen LogP contribution in [-0.4, -0.2) is 14.4 Å². The zero-order valence-corrected chi connectivity index (χ0v) is 11.0. The summed E-state index contributed by atoms with van der Waals surface area (Å²) in [5, 5.41) is 0. The first-order chi connectivity index (χ1) is 10.2. The van der Waals surface area contributed by atoms with Crippen molar-refractivity contribution in [2.24, 2.45) is 0 Å². The van der Waals surface area contributed by atoms with Crippen molar-refractivity contribution in [3.05, 3.63) is 60.5 Å². The Morgan fingerprint density at radius 3 is 2.57 bits per heavy atom. The number of nitrogens with two attached hydrogens (primary N) is 1. The number of hydrogen-bond donors (Lipinski definition) is 1. The molecular formula is C16H11FN4. The highest BCUT2D eigenvalue weighted by molar-refractivity contribution is 5.85. The number of nitrogens with zero attached hydrogens (tertiary/aromatic N) is 3. The van der Waals surface area contributed by atoms with Crippen LogP contribution >= 0.6 is 0 Å². The molecule has 0 aliphatic heterocycles. The minimum atomic E-state index is -0.265. The Morgan fingerprint density at radius 1 is 1.00 bits per heavy atom. The van der Waals surface area contributed by atoms with Gasteiger partial charge in [-0.2, -0.15) is 0 Å². The molecule has 0 atom stereocenters. The molecule has 0 bridgehead atoms. The monoisotopic (exact) mass is 278 g/mol. The van der Waals surface area contributed by atoms with Gasteiger partial charge in [-0.1, -0.05) is 12.1 Å². The number of rotatable bonds is 1. The SMILES string of the molecule is Nc1nc2ccccc2n2c(-c3ccc(F)cc3)cnc12. The van der Waals surface area contributed by atoms with E-state index in [1.807, 2.05) is 28.7 Å². The van der Waals surface area contributed by atoms with Crippen molar-refractivity contribution in [2.75, 3.05) is 5.73 Å². The maximum absolute atomic E-state index is 13.1. The van der Waals surface area contributed by atoms with Crippen LogP contribution in [-0.2, 0) is 0 Å². The Hall–Kier alpha value is -2.95. The van der Waals surface area contributed by atoms with E-state index in [1.165, 1.54) is 12.1 Å². The minimum Gasteiger partial charge on any atom is -0.381 e. The Balaban J connectivity index is 2.13. The van der Waals surface area contributed by atoms with Gasteiger partial charge in [-0.25, -0.2) is 14.4 Å². The van der Waals surface area contributed by atoms with E-state index in [2.05, 4.69) is 9.97 Å². The van der Waals surface area contributed by atoms with Gasteiger partial charge in [0.1, 0.15) is 5.82 Å². The van der Waals surface area contributed by atoms with Crippen LogP contribution in [0.25, 0.3) is 27.9 Å². The second-order valence-electron chi connectivity index (χ2n) is 4.80. The topological polar surface area (TPSA) is 56.2 Å². The van der Waals surface area contributed by atoms with Crippen molar-refractivity contribution < 1.29 is 4.39 Å². The van der Waals surface area contributed by atoms with Crippen molar-refractivity contribution in [1.29, 1.82) is 0 Å². The largest absolute Gasteiger partial charge is 0.381 e. The lowest BCUT2D eigenvalue weighted by Gasteiger charge is -2.07. The summed E-state index contributed by atoms with van der Waals surface area (Å²) in [6, 6.07) is 14.0. The van der Waals surface area contributed by atoms with Crippen LogP contribution < -0.4 is 5.73 Å². The van der Waals surface area contributed by atoms with Crippen LogP contribution in [0.15, 0.2) is 54.7 Å². The molecule has 0 unspecified atom stereocenters. The molecule has 0 aliphatic carbocycles. The summed E-state index contributed by atoms with van der Waals surface area (Å²) in [7, 11) is 0. The van der Waals surface area contributed by atoms with Crippen molar-refractivity contribution in [2.45, 2.75) is 0 Å². The molecular weight excluding hydrogens is 267 g/mol. The lowest BCUT2D eigenvalue weighted by atomic mass is 10.1. The maximum Gasteiger partial charge on any atom is 0.180 e. The predicted molar refractivity (Wildman–Crippen MR) is 80.3 cm³/mol. The van der Waals surface area contributed by atoms with Gasteiger partial charge in [0.15, 0.2) is 11.5 Å². The lowest BCUT2D eigenvalue weighted by Crippen LogP contribution is -1.99. The summed E-state index contributed by atoms with van der Waals surface area (Å²) in [6.07, 6.45) is 1.73. The first-order valence-corrected chi connectivity index (χ1v) is 6.51. The van der Waals surface area contributed by atoms with Gasteiger partial charge in [0.2, 0.25) is 0 Å². The second kappa shape index (κ2) is 4.28. The summed E-state index contributed by atoms with van der Waals surface area (Å²) in [5.41, 5.74) is 10.0. The normalized spacial score (nSPS) is 11.3. The summed E-state index contributed by atoms with van der Waals surface area (Å²) < 4.78 is 15.1. The molecule has 0 spiro atoms. The molecule has 0 fully saturated rings. The van der Waals surface area contributed by atoms with Crippen LogP contribution in [0, 0.1) is 5.82 Å². The summed E-state index contributed by atoms with van der Waals surface area (Å²) >= 11 is 0. The fourth-order valence-electron chi connectivity index (χ4n) is 2.53. The van der Waals surface area contributed by atoms with E-state index in [-0.39, 0.29) is 5.82 Å². The Bertz CT molecular complexity index is 957. The number of para-hydroxylation sites is 2. The standard InChI is InChI=1S/C16H11FN4/c17-11-7-5-10(6-8-11)14-9-19-16-15(18)20-12-3-1-2-4-13(12)21(14)16/h1-9H,(H2,18,20). The van der Waals surface area contributed by atoms with E-state index in [1.54, 1.807) is 18.3 Å². The number of anilines is 1. The third-order valence-corrected chi connectivity index (χ3v) is 3.49. The average Bonchev–Trinajstić information content (AvgIpc) is 2.94. The fraction of sp³-hybridized carbons (Fsp3) is 0. The van der Waals surface area contributed by atoms with Gasteiger partial charge < -0.3 is 5.73 Å². The fourth-order valence-corrected chi connectivity index (χ4v) is 2.53. The van der Waals surface area contributed by atoms with E-state index in [0.717, 1.165) is 22.3 Å². The van der Waals surface area contributed by atoms with E-state index in [9.17, 15) is 4.39 Å². The van der Waals surface area contributed by atoms with Gasteiger partial charge in [-0.3, -0.25) is 4.40 Å². The first-order valence-electron chi connectivity index (χ1n) is 6.51. The number of nitrogen functional groups attached to an aromatic ring is 1. The van der Waals surface area contributed by atoms with Crippen LogP contribution in [0.5, 0.6) is 0 Å². The third-order valence-electron chi connectivity index (χ3n) is 3.49. The molecule has 102 valence electrons. The van der Waals surface area contributed by atoms with E-state index in [0.29, 0.717) is 11.5 Å². The van der Waals surface area contributed by atoms with Gasteiger partial charge in [0.25, 0.3) is 0 Å². The Labute approximate surface area is 119 Å². The molecule has 5 heteroatoms. The summed E-state index contributed by atoms with van der Waals surface area (Å²) in [5.74, 6) is 0.112. The van der Waals surface area contributed by atoms with Crippen LogP contribution in [0.2, 0.25) is 0 Å². The van der Waals surface area contributed by atoms with Crippen molar-refractivity contribution >= 4 is 22.5 Å². The zero-order chi connectivity index (χ0) is 14.4. The molecule has 21 heavy (non-hydrogen) atoms. The van der Waals surface area contributed by atoms with Crippen LogP contribution in [0.1, 0.15) is 0 Å². The molecule has 2 heterocycles. The number of aromatic nitrogens is 3. The number of imidazole rings is 1. The van der Waals surface area contributed by atoms with Crippen molar-refractivity contribution in [3.8, 4) is 11.3 Å². The van der Waals surface area contributed by atoms with Crippen LogP contribution in [0.4, 0.5) is 10.2 Å². The van der Waals surface area contributed by atoms with Gasteiger partial charge in [-0.15, -0.1) is 0 Å². The molecule has 0 aliphatic rings. The quantitative estimate of drug-likeness (QED) is 0.581. The number of fused-ring (bicyclic) bond motifs is 3. The van der Waals surface area contributed by atoms with E-state index in [4.69, 9.17) is 5.73 Å². The van der Waals surface area contributed by atoms with Gasteiger partial charge >= 0.3 is 0 Å². The third kappa shape index (κ3) is 1.74. The van der Waals surface area contributed by atoms with Crippen molar-refractivity contribution in [1.82, 2.24) is 14.4 Å². The summed E-state index contributed by atoms with van der Waals surface area (Å²) in [4.78, 5) is 8.71. The number of benzene rings is 2. The molecule has 0 saturated carbocycles. The lowest BCUT2D eigenvalue weighted by molar-refractivity contribution is 0.628. The summed E-state index contributed by atoms with van der Waals surface area (Å²) in [6.45, 7) is 0. The molecule has 4 aromatic rings. The average molecular weight is 278 g/mol. The highest BCUT2D eigenvalue weighted by Crippen LogP contribution is 2.27. The highest BCUT2D eigenvalue weighted by atomic mass is 19.1. The zero-order valence-electron chi connectivity index (χ0n) is 11.0. The predicted octanol–water partition coefficient (Wildman–Crippen LogP) is 3.27. The first kappa shape index (κ1) is 11.8. The smallest absolute Gasteiger partial charge is 0.180 e. The molecule has 4 nitrogen and oxygen atoms in total. The molecule has 0 radical (unpaired) electrons. The van der Waals surface area contributed by atoms with Gasteiger partial charge in [-0.05, 0) is 36.4 Å².